The lowest BCUT2D eigenvalue weighted by molar-refractivity contribution is -0.147. The summed E-state index contributed by atoms with van der Waals surface area (Å²) in [5, 5.41) is 2.96. The first-order valence-corrected chi connectivity index (χ1v) is 10.9. The van der Waals surface area contributed by atoms with Gasteiger partial charge in [0.05, 0.1) is 11.6 Å². The van der Waals surface area contributed by atoms with E-state index in [2.05, 4.69) is 4.98 Å². The van der Waals surface area contributed by atoms with Crippen LogP contribution in [0.25, 0.3) is 11.3 Å². The number of aryl methyl sites for hydroxylation is 1. The summed E-state index contributed by atoms with van der Waals surface area (Å²) in [5.74, 6) is -1.70. The maximum Gasteiger partial charge on any atom is 0.311 e. The molecule has 1 aliphatic heterocycles. The van der Waals surface area contributed by atoms with Gasteiger partial charge in [-0.2, -0.15) is 0 Å². The van der Waals surface area contributed by atoms with Crippen LogP contribution in [0, 0.1) is 12.8 Å². The number of anilines is 1. The Labute approximate surface area is 188 Å². The Hall–Kier alpha value is -3.03. The molecule has 1 amide bonds. The van der Waals surface area contributed by atoms with Crippen molar-refractivity contribution in [3.05, 3.63) is 70.1 Å². The Kier molecular flexibility index (Phi) is 6.15. The van der Waals surface area contributed by atoms with Crippen LogP contribution in [0.4, 0.5) is 5.13 Å². The number of hydrogen-bond donors (Lipinski definition) is 0. The molecular formula is C23H19ClN2O4S. The van der Waals surface area contributed by atoms with Gasteiger partial charge < -0.3 is 4.74 Å². The van der Waals surface area contributed by atoms with Gasteiger partial charge >= 0.3 is 5.97 Å². The summed E-state index contributed by atoms with van der Waals surface area (Å²) in [4.78, 5) is 43.2. The number of thiazole rings is 1. The summed E-state index contributed by atoms with van der Waals surface area (Å²) in [6.07, 6.45) is 0.0351. The summed E-state index contributed by atoms with van der Waals surface area (Å²) >= 11 is 7.17. The quantitative estimate of drug-likeness (QED) is 0.403. The van der Waals surface area contributed by atoms with Crippen LogP contribution in [-0.4, -0.2) is 35.8 Å². The van der Waals surface area contributed by atoms with Crippen LogP contribution in [0.3, 0.4) is 0 Å². The highest BCUT2D eigenvalue weighted by atomic mass is 35.5. The molecule has 0 saturated carbocycles. The average molecular weight is 455 g/mol. The van der Waals surface area contributed by atoms with Crippen molar-refractivity contribution in [3.8, 4) is 11.3 Å². The standard InChI is InChI=1S/C23H19ClN2O4S/c1-14-2-4-15(5-3-14)19-13-31-23(25-19)26-11-17(10-21(26)28)22(29)30-12-20(27)16-6-8-18(24)9-7-16/h2-9,13,17H,10-12H2,1H3/t17-/m0/s1. The average Bonchev–Trinajstić information content (AvgIpc) is 3.39. The first-order chi connectivity index (χ1) is 14.9. The number of carbonyl (C=O) groups excluding carboxylic acids is 3. The molecule has 1 aromatic heterocycles. The van der Waals surface area contributed by atoms with E-state index in [4.69, 9.17) is 16.3 Å². The first kappa shape index (κ1) is 21.2. The van der Waals surface area contributed by atoms with Gasteiger partial charge in [-0.3, -0.25) is 19.3 Å². The molecule has 1 saturated heterocycles. The smallest absolute Gasteiger partial charge is 0.311 e. The molecule has 3 aromatic rings. The van der Waals surface area contributed by atoms with E-state index < -0.39 is 11.9 Å². The van der Waals surface area contributed by atoms with Crippen molar-refractivity contribution in [2.24, 2.45) is 5.92 Å². The van der Waals surface area contributed by atoms with E-state index in [0.717, 1.165) is 16.8 Å². The van der Waals surface area contributed by atoms with Gasteiger partial charge in [0, 0.05) is 34.5 Å². The van der Waals surface area contributed by atoms with Gasteiger partial charge in [-0.25, -0.2) is 4.98 Å². The Bertz CT molecular complexity index is 1130. The minimum absolute atomic E-state index is 0.0351. The fraction of sp³-hybridized carbons (Fsp3) is 0.217. The number of amides is 1. The predicted octanol–water partition coefficient (Wildman–Crippen LogP) is 4.55. The molecule has 0 aliphatic carbocycles. The fourth-order valence-corrected chi connectivity index (χ4v) is 4.26. The monoisotopic (exact) mass is 454 g/mol. The highest BCUT2D eigenvalue weighted by Crippen LogP contribution is 2.32. The molecule has 8 heteroatoms. The van der Waals surface area contributed by atoms with Crippen molar-refractivity contribution >= 4 is 45.7 Å². The minimum Gasteiger partial charge on any atom is -0.457 e. The number of halogens is 1. The molecule has 31 heavy (non-hydrogen) atoms. The molecule has 0 spiro atoms. The Morgan fingerprint density at radius 2 is 1.87 bits per heavy atom. The minimum atomic E-state index is -0.628. The number of rotatable bonds is 6. The molecular weight excluding hydrogens is 436 g/mol. The number of aromatic nitrogens is 1. The second-order valence-electron chi connectivity index (χ2n) is 7.32. The number of ketones is 1. The van der Waals surface area contributed by atoms with Crippen molar-refractivity contribution in [1.82, 2.24) is 4.98 Å². The third-order valence-corrected chi connectivity index (χ3v) is 6.16. The molecule has 4 rings (SSSR count). The van der Waals surface area contributed by atoms with Gasteiger partial charge in [-0.15, -0.1) is 11.3 Å². The van der Waals surface area contributed by atoms with E-state index >= 15 is 0 Å². The van der Waals surface area contributed by atoms with Crippen molar-refractivity contribution in [2.75, 3.05) is 18.1 Å². The molecule has 2 heterocycles. The van der Waals surface area contributed by atoms with Crippen molar-refractivity contribution < 1.29 is 19.1 Å². The van der Waals surface area contributed by atoms with Crippen LogP contribution in [0.5, 0.6) is 0 Å². The number of esters is 1. The summed E-state index contributed by atoms with van der Waals surface area (Å²) < 4.78 is 5.17. The number of carbonyl (C=O) groups is 3. The Morgan fingerprint density at radius 1 is 1.16 bits per heavy atom. The first-order valence-electron chi connectivity index (χ1n) is 9.69. The largest absolute Gasteiger partial charge is 0.457 e. The lowest BCUT2D eigenvalue weighted by atomic mass is 10.1. The van der Waals surface area contributed by atoms with Gasteiger partial charge in [-0.1, -0.05) is 41.4 Å². The SMILES string of the molecule is Cc1ccc(-c2csc(N3C[C@@H](C(=O)OCC(=O)c4ccc(Cl)cc4)CC3=O)n2)cc1. The topological polar surface area (TPSA) is 76.6 Å². The normalized spacial score (nSPS) is 15.9. The maximum atomic E-state index is 12.5. The van der Waals surface area contributed by atoms with Crippen LogP contribution in [-0.2, 0) is 14.3 Å². The number of benzene rings is 2. The molecule has 1 fully saturated rings. The Morgan fingerprint density at radius 3 is 2.58 bits per heavy atom. The third-order valence-electron chi connectivity index (χ3n) is 5.04. The molecule has 2 aromatic carbocycles. The van der Waals surface area contributed by atoms with E-state index in [1.807, 2.05) is 36.6 Å². The van der Waals surface area contributed by atoms with E-state index in [9.17, 15) is 14.4 Å². The third kappa shape index (κ3) is 4.84. The predicted molar refractivity (Wildman–Crippen MR) is 119 cm³/mol. The molecule has 6 nitrogen and oxygen atoms in total. The highest BCUT2D eigenvalue weighted by Gasteiger charge is 2.37. The molecule has 1 aliphatic rings. The molecule has 1 atom stereocenters. The zero-order chi connectivity index (χ0) is 22.0. The van der Waals surface area contributed by atoms with Crippen molar-refractivity contribution in [2.45, 2.75) is 13.3 Å². The van der Waals surface area contributed by atoms with Crippen LogP contribution >= 0.6 is 22.9 Å². The van der Waals surface area contributed by atoms with Gasteiger partial charge in [0.25, 0.3) is 0 Å². The Balaban J connectivity index is 1.36. The summed E-state index contributed by atoms with van der Waals surface area (Å²) in [7, 11) is 0. The number of ether oxygens (including phenoxy) is 1. The van der Waals surface area contributed by atoms with Gasteiger partial charge in [-0.05, 0) is 31.2 Å². The summed E-state index contributed by atoms with van der Waals surface area (Å²) in [6.45, 7) is 1.83. The zero-order valence-electron chi connectivity index (χ0n) is 16.7. The van der Waals surface area contributed by atoms with Crippen LogP contribution in [0.15, 0.2) is 53.9 Å². The van der Waals surface area contributed by atoms with Crippen molar-refractivity contribution in [1.29, 1.82) is 0 Å². The van der Waals surface area contributed by atoms with E-state index in [1.165, 1.54) is 16.2 Å². The lowest BCUT2D eigenvalue weighted by Crippen LogP contribution is -2.27. The van der Waals surface area contributed by atoms with Crippen LogP contribution < -0.4 is 4.90 Å². The zero-order valence-corrected chi connectivity index (χ0v) is 18.3. The molecule has 0 bridgehead atoms. The molecule has 158 valence electrons. The maximum absolute atomic E-state index is 12.5. The summed E-state index contributed by atoms with van der Waals surface area (Å²) in [6, 6.07) is 14.3. The summed E-state index contributed by atoms with van der Waals surface area (Å²) in [5.41, 5.74) is 3.32. The second-order valence-corrected chi connectivity index (χ2v) is 8.60. The lowest BCUT2D eigenvalue weighted by Gasteiger charge is -2.12. The van der Waals surface area contributed by atoms with Crippen molar-refractivity contribution in [3.63, 3.8) is 0 Å². The number of nitrogens with zero attached hydrogens (tertiary/aromatic N) is 2. The fourth-order valence-electron chi connectivity index (χ4n) is 3.27. The number of Topliss-reactive ketones (excluding diaryl/α,β-unsaturated/α-hetero) is 1. The van der Waals surface area contributed by atoms with Gasteiger partial charge in [0.15, 0.2) is 17.5 Å². The van der Waals surface area contributed by atoms with Crippen LogP contribution in [0.2, 0.25) is 5.02 Å². The van der Waals surface area contributed by atoms with E-state index in [-0.39, 0.29) is 31.3 Å². The highest BCUT2D eigenvalue weighted by molar-refractivity contribution is 7.14. The van der Waals surface area contributed by atoms with E-state index in [1.54, 1.807) is 24.3 Å². The number of hydrogen-bond acceptors (Lipinski definition) is 6. The van der Waals surface area contributed by atoms with Gasteiger partial charge in [0.2, 0.25) is 5.91 Å². The second kappa shape index (κ2) is 8.99. The van der Waals surface area contributed by atoms with Crippen LogP contribution in [0.1, 0.15) is 22.3 Å². The van der Waals surface area contributed by atoms with Gasteiger partial charge in [0.1, 0.15) is 0 Å². The molecule has 0 radical (unpaired) electrons. The molecule has 0 N–H and O–H groups in total. The van der Waals surface area contributed by atoms with E-state index in [0.29, 0.717) is 15.7 Å². The molecule has 0 unspecified atom stereocenters.